The first-order valence-electron chi connectivity index (χ1n) is 17.8. The molecule has 0 amide bonds. The van der Waals surface area contributed by atoms with Gasteiger partial charge >= 0.3 is 0 Å². The summed E-state index contributed by atoms with van der Waals surface area (Å²) in [4.78, 5) is 10.5. The molecule has 246 valence electrons. The van der Waals surface area contributed by atoms with Crippen molar-refractivity contribution in [2.75, 3.05) is 0 Å². The van der Waals surface area contributed by atoms with Crippen LogP contribution < -0.4 is 0 Å². The van der Waals surface area contributed by atoms with Gasteiger partial charge in [-0.1, -0.05) is 127 Å². The van der Waals surface area contributed by atoms with Gasteiger partial charge in [0.2, 0.25) is 0 Å². The Bertz CT molecular complexity index is 3460. The van der Waals surface area contributed by atoms with Crippen molar-refractivity contribution in [3.63, 3.8) is 0 Å². The molecule has 0 aliphatic carbocycles. The topological polar surface area (TPSA) is 30.7 Å². The lowest BCUT2D eigenvalue weighted by molar-refractivity contribution is 1.18. The third-order valence-corrected chi connectivity index (χ3v) is 13.1. The van der Waals surface area contributed by atoms with Crippen LogP contribution >= 0.6 is 22.7 Å². The van der Waals surface area contributed by atoms with Gasteiger partial charge in [0.25, 0.3) is 0 Å². The highest BCUT2D eigenvalue weighted by molar-refractivity contribution is 7.27. The van der Waals surface area contributed by atoms with Gasteiger partial charge in [-0.3, -0.25) is 0 Å². The van der Waals surface area contributed by atoms with Gasteiger partial charge in [0.05, 0.1) is 26.9 Å². The van der Waals surface area contributed by atoms with E-state index in [9.17, 15) is 0 Å². The van der Waals surface area contributed by atoms with Gasteiger partial charge in [-0.2, -0.15) is 0 Å². The molecule has 0 saturated heterocycles. The summed E-state index contributed by atoms with van der Waals surface area (Å²) in [7, 11) is 0. The summed E-state index contributed by atoms with van der Waals surface area (Å²) < 4.78 is 7.46. The minimum absolute atomic E-state index is 0.743. The maximum Gasteiger partial charge on any atom is 0.160 e. The maximum absolute atomic E-state index is 5.33. The lowest BCUT2D eigenvalue weighted by Crippen LogP contribution is -1.96. The highest BCUT2D eigenvalue weighted by Gasteiger charge is 2.22. The quantitative estimate of drug-likeness (QED) is 0.183. The minimum atomic E-state index is 0.743. The summed E-state index contributed by atoms with van der Waals surface area (Å²) in [5.74, 6) is 0.743. The number of rotatable bonds is 3. The summed E-state index contributed by atoms with van der Waals surface area (Å²) in [5, 5.41) is 11.4. The predicted octanol–water partition coefficient (Wildman–Crippen LogP) is 13.9. The fraction of sp³-hybridized carbons (Fsp3) is 0. The van der Waals surface area contributed by atoms with Gasteiger partial charge in [0, 0.05) is 63.2 Å². The molecule has 0 spiro atoms. The van der Waals surface area contributed by atoms with Crippen LogP contribution in [0.3, 0.4) is 0 Å². The van der Waals surface area contributed by atoms with Gasteiger partial charge in [-0.15, -0.1) is 22.7 Å². The number of benzene rings is 8. The average molecular weight is 710 g/mol. The molecule has 8 aromatic carbocycles. The number of nitrogens with zero attached hydrogens (tertiary/aromatic N) is 3. The fourth-order valence-corrected chi connectivity index (χ4v) is 10.8. The normalized spacial score (nSPS) is 12.2. The molecule has 0 aliphatic heterocycles. The molecule has 0 bridgehead atoms. The Hall–Kier alpha value is -6.40. The van der Waals surface area contributed by atoms with Crippen molar-refractivity contribution in [2.24, 2.45) is 0 Å². The Balaban J connectivity index is 1.10. The van der Waals surface area contributed by atoms with Crippen LogP contribution in [0, 0.1) is 0 Å². The smallest absolute Gasteiger partial charge is 0.160 e. The fourth-order valence-electron chi connectivity index (χ4n) is 8.40. The Labute approximate surface area is 311 Å². The number of aromatic nitrogens is 3. The van der Waals surface area contributed by atoms with Crippen molar-refractivity contribution in [2.45, 2.75) is 0 Å². The zero-order valence-corrected chi connectivity index (χ0v) is 29.9. The van der Waals surface area contributed by atoms with E-state index in [1.54, 1.807) is 11.3 Å². The Morgan fingerprint density at radius 1 is 0.434 bits per heavy atom. The van der Waals surface area contributed by atoms with E-state index in [2.05, 4.69) is 168 Å². The Morgan fingerprint density at radius 3 is 1.89 bits per heavy atom. The molecule has 0 N–H and O–H groups in total. The first-order chi connectivity index (χ1) is 26.3. The van der Waals surface area contributed by atoms with Crippen LogP contribution in [-0.2, 0) is 0 Å². The maximum atomic E-state index is 5.33. The van der Waals surface area contributed by atoms with Crippen LogP contribution in [0.25, 0.3) is 112 Å². The Morgan fingerprint density at radius 2 is 1.06 bits per heavy atom. The van der Waals surface area contributed by atoms with E-state index in [1.807, 2.05) is 11.3 Å². The van der Waals surface area contributed by atoms with Crippen molar-refractivity contribution in [3.05, 3.63) is 164 Å². The van der Waals surface area contributed by atoms with Crippen LogP contribution in [0.5, 0.6) is 0 Å². The lowest BCUT2D eigenvalue weighted by Gasteiger charge is -2.12. The van der Waals surface area contributed by atoms with Crippen molar-refractivity contribution in [1.29, 1.82) is 0 Å². The summed E-state index contributed by atoms with van der Waals surface area (Å²) in [6.07, 6.45) is 0. The molecular weight excluding hydrogens is 683 g/mol. The van der Waals surface area contributed by atoms with E-state index in [-0.39, 0.29) is 0 Å². The summed E-state index contributed by atoms with van der Waals surface area (Å²) >= 11 is 3.68. The van der Waals surface area contributed by atoms with Gasteiger partial charge in [-0.05, 0) is 52.6 Å². The molecule has 53 heavy (non-hydrogen) atoms. The SMILES string of the molecule is c1ccc2cc(-c3nc(-c4ccc(-n5c6ccccc6c6c7sc8ccccc8c7c7ccccc7c65)cc4)c4sc5ccccc5c4n3)ccc2c1. The number of hydrogen-bond acceptors (Lipinski definition) is 4. The third kappa shape index (κ3) is 4.20. The molecule has 0 fully saturated rings. The van der Waals surface area contributed by atoms with E-state index < -0.39 is 0 Å². The van der Waals surface area contributed by atoms with E-state index >= 15 is 0 Å². The van der Waals surface area contributed by atoms with Crippen molar-refractivity contribution in [3.8, 4) is 28.3 Å². The lowest BCUT2D eigenvalue weighted by atomic mass is 9.99. The van der Waals surface area contributed by atoms with Crippen LogP contribution in [0.15, 0.2) is 164 Å². The molecule has 4 heterocycles. The second-order valence-corrected chi connectivity index (χ2v) is 15.8. The third-order valence-electron chi connectivity index (χ3n) is 10.8. The molecule has 0 saturated carbocycles. The number of para-hydroxylation sites is 1. The standard InChI is InChI=1S/C48H27N3S2/c1-2-12-30-27-31(22-21-28(30)11-1)48-49-43(47-44(50-48)37-17-7-10-20-40(37)53-47)29-23-25-32(26-24-29)51-38-18-8-5-15-35(38)42-45(51)34-14-4-3-13-33(34)41-36-16-6-9-19-39(36)52-46(41)42/h1-27H. The average Bonchev–Trinajstić information content (AvgIpc) is 3.91. The summed E-state index contributed by atoms with van der Waals surface area (Å²) in [6.45, 7) is 0. The van der Waals surface area contributed by atoms with Crippen LogP contribution in [-0.4, -0.2) is 14.5 Å². The van der Waals surface area contributed by atoms with Gasteiger partial charge in [0.15, 0.2) is 5.82 Å². The van der Waals surface area contributed by atoms with Crippen LogP contribution in [0.1, 0.15) is 0 Å². The second kappa shape index (κ2) is 11.1. The minimum Gasteiger partial charge on any atom is -0.309 e. The monoisotopic (exact) mass is 709 g/mol. The second-order valence-electron chi connectivity index (χ2n) is 13.7. The molecule has 0 atom stereocenters. The molecule has 0 unspecified atom stereocenters. The molecule has 4 aromatic heterocycles. The van der Waals surface area contributed by atoms with Crippen molar-refractivity contribution >= 4 is 106 Å². The first-order valence-corrected chi connectivity index (χ1v) is 19.5. The highest BCUT2D eigenvalue weighted by Crippen LogP contribution is 2.48. The summed E-state index contributed by atoms with van der Waals surface area (Å²) in [6, 6.07) is 59.2. The molecule has 12 rings (SSSR count). The highest BCUT2D eigenvalue weighted by atomic mass is 32.1. The molecule has 0 aliphatic rings. The Kier molecular flexibility index (Phi) is 6.09. The van der Waals surface area contributed by atoms with E-state index in [0.717, 1.165) is 38.5 Å². The van der Waals surface area contributed by atoms with Gasteiger partial charge < -0.3 is 4.57 Å². The van der Waals surface area contributed by atoms with Gasteiger partial charge in [-0.25, -0.2) is 9.97 Å². The van der Waals surface area contributed by atoms with E-state index in [0.29, 0.717) is 0 Å². The molecular formula is C48H27N3S2. The zero-order valence-electron chi connectivity index (χ0n) is 28.2. The predicted molar refractivity (Wildman–Crippen MR) is 228 cm³/mol. The first kappa shape index (κ1) is 29.2. The van der Waals surface area contributed by atoms with Gasteiger partial charge in [0.1, 0.15) is 0 Å². The van der Waals surface area contributed by atoms with Crippen LogP contribution in [0.4, 0.5) is 0 Å². The molecule has 3 nitrogen and oxygen atoms in total. The molecule has 5 heteroatoms. The number of thiophene rings is 2. The van der Waals surface area contributed by atoms with Crippen LogP contribution in [0.2, 0.25) is 0 Å². The summed E-state index contributed by atoms with van der Waals surface area (Å²) in [5.41, 5.74) is 7.64. The van der Waals surface area contributed by atoms with E-state index in [1.165, 1.54) is 73.6 Å². The zero-order chi connectivity index (χ0) is 34.6. The van der Waals surface area contributed by atoms with Crippen molar-refractivity contribution in [1.82, 2.24) is 14.5 Å². The number of fused-ring (bicyclic) bond motifs is 14. The van der Waals surface area contributed by atoms with Crippen molar-refractivity contribution < 1.29 is 0 Å². The molecule has 12 aromatic rings. The largest absolute Gasteiger partial charge is 0.309 e. The molecule has 0 radical (unpaired) electrons. The van der Waals surface area contributed by atoms with E-state index in [4.69, 9.17) is 9.97 Å². The number of hydrogen-bond donors (Lipinski definition) is 0.